The minimum atomic E-state index is -0.273. The quantitative estimate of drug-likeness (QED) is 0.702. The van der Waals surface area contributed by atoms with Crippen LogP contribution in [0.3, 0.4) is 0 Å². The van der Waals surface area contributed by atoms with E-state index in [0.29, 0.717) is 0 Å². The normalized spacial score (nSPS) is 22.6. The van der Waals surface area contributed by atoms with Gasteiger partial charge in [0.1, 0.15) is 0 Å². The molecule has 0 spiro atoms. The minimum absolute atomic E-state index is 0.273. The van der Waals surface area contributed by atoms with Crippen LogP contribution in [0.4, 0.5) is 0 Å². The average molecular weight is 218 g/mol. The van der Waals surface area contributed by atoms with Crippen LogP contribution in [0.1, 0.15) is 6.42 Å². The van der Waals surface area contributed by atoms with Crippen LogP contribution >= 0.6 is 10.0 Å². The van der Waals surface area contributed by atoms with Gasteiger partial charge in [-0.3, -0.25) is 0 Å². The highest BCUT2D eigenvalue weighted by Crippen LogP contribution is 2.34. The predicted molar refractivity (Wildman–Crippen MR) is 68.8 cm³/mol. The van der Waals surface area contributed by atoms with Crippen LogP contribution in [0.15, 0.2) is 0 Å². The highest BCUT2D eigenvalue weighted by molar-refractivity contribution is 8.32. The van der Waals surface area contributed by atoms with E-state index in [2.05, 4.69) is 35.6 Å². The third kappa shape index (κ3) is 5.23. The Morgan fingerprint density at radius 1 is 1.00 bits per heavy atom. The molecule has 0 bridgehead atoms. The molecule has 0 N–H and O–H groups in total. The minimum Gasteiger partial charge on any atom is -0.304 e. The molecule has 0 aromatic rings. The van der Waals surface area contributed by atoms with Gasteiger partial charge >= 0.3 is 0 Å². The van der Waals surface area contributed by atoms with E-state index in [1.165, 1.54) is 44.9 Å². The van der Waals surface area contributed by atoms with Crippen molar-refractivity contribution in [2.45, 2.75) is 6.42 Å². The first-order valence-corrected chi connectivity index (χ1v) is 8.57. The summed E-state index contributed by atoms with van der Waals surface area (Å²) in [5.74, 6) is 1.43. The maximum Gasteiger partial charge on any atom is 0.0110 e. The number of likely N-dealkylation sites (N-methyl/N-ethyl adjacent to an activating group) is 1. The van der Waals surface area contributed by atoms with E-state index >= 15 is 0 Å². The zero-order valence-corrected chi connectivity index (χ0v) is 11.1. The number of nitrogens with zero attached hydrogens (tertiary/aromatic N) is 2. The second-order valence-electron chi connectivity index (χ2n) is 5.29. The molecule has 14 heavy (non-hydrogen) atoms. The molecule has 1 rings (SSSR count). The van der Waals surface area contributed by atoms with Gasteiger partial charge in [-0.2, -0.15) is 0 Å². The van der Waals surface area contributed by atoms with Gasteiger partial charge in [0, 0.05) is 26.2 Å². The lowest BCUT2D eigenvalue weighted by molar-refractivity contribution is 0.154. The largest absolute Gasteiger partial charge is 0.304 e. The summed E-state index contributed by atoms with van der Waals surface area (Å²) in [6, 6.07) is 0. The Hall–Kier alpha value is 0.270. The van der Waals surface area contributed by atoms with Crippen molar-refractivity contribution in [1.82, 2.24) is 9.80 Å². The third-order valence-electron chi connectivity index (χ3n) is 2.83. The SMILES string of the molecule is CN1CCN(CCCS(C)(C)C)CC1. The van der Waals surface area contributed by atoms with Crippen LogP contribution in [0.5, 0.6) is 0 Å². The van der Waals surface area contributed by atoms with Crippen molar-refractivity contribution < 1.29 is 0 Å². The van der Waals surface area contributed by atoms with E-state index in [9.17, 15) is 0 Å². The molecule has 1 heterocycles. The fraction of sp³-hybridized carbons (Fsp3) is 1.00. The molecule has 0 saturated carbocycles. The number of piperazine rings is 1. The molecule has 0 atom stereocenters. The van der Waals surface area contributed by atoms with Crippen molar-refractivity contribution in [3.05, 3.63) is 0 Å². The molecular formula is C11H26N2S. The van der Waals surface area contributed by atoms with Crippen molar-refractivity contribution in [3.8, 4) is 0 Å². The van der Waals surface area contributed by atoms with Gasteiger partial charge in [0.2, 0.25) is 0 Å². The smallest absolute Gasteiger partial charge is 0.0110 e. The lowest BCUT2D eigenvalue weighted by Gasteiger charge is -2.33. The van der Waals surface area contributed by atoms with Crippen LogP contribution in [0.25, 0.3) is 0 Å². The molecule has 1 aliphatic rings. The molecular weight excluding hydrogens is 192 g/mol. The first-order chi connectivity index (χ1) is 6.47. The van der Waals surface area contributed by atoms with E-state index in [0.717, 1.165) is 0 Å². The van der Waals surface area contributed by atoms with Crippen molar-refractivity contribution >= 4 is 10.0 Å². The Bertz CT molecular complexity index is 157. The van der Waals surface area contributed by atoms with Gasteiger partial charge in [0.05, 0.1) is 0 Å². The van der Waals surface area contributed by atoms with Crippen LogP contribution < -0.4 is 0 Å². The lowest BCUT2D eigenvalue weighted by Crippen LogP contribution is -2.44. The molecule has 86 valence electrons. The fourth-order valence-corrected chi connectivity index (χ4v) is 2.79. The molecule has 0 unspecified atom stereocenters. The highest BCUT2D eigenvalue weighted by Gasteiger charge is 2.13. The Morgan fingerprint density at radius 2 is 1.57 bits per heavy atom. The molecule has 1 aliphatic heterocycles. The van der Waals surface area contributed by atoms with E-state index in [1.54, 1.807) is 0 Å². The molecule has 0 aliphatic carbocycles. The molecule has 0 amide bonds. The lowest BCUT2D eigenvalue weighted by atomic mass is 10.3. The van der Waals surface area contributed by atoms with Crippen molar-refractivity contribution in [2.75, 3.05) is 64.3 Å². The number of rotatable bonds is 4. The summed E-state index contributed by atoms with van der Waals surface area (Å²) in [7, 11) is 1.95. The highest BCUT2D eigenvalue weighted by atomic mass is 32.3. The van der Waals surface area contributed by atoms with Crippen molar-refractivity contribution in [3.63, 3.8) is 0 Å². The second kappa shape index (κ2) is 5.38. The third-order valence-corrected chi connectivity index (χ3v) is 4.34. The summed E-state index contributed by atoms with van der Waals surface area (Å²) in [4.78, 5) is 5.04. The Kier molecular flexibility index (Phi) is 4.74. The van der Waals surface area contributed by atoms with Gasteiger partial charge in [0.25, 0.3) is 0 Å². The van der Waals surface area contributed by atoms with Gasteiger partial charge in [0.15, 0.2) is 0 Å². The zero-order chi connectivity index (χ0) is 10.6. The van der Waals surface area contributed by atoms with Crippen LogP contribution in [0, 0.1) is 0 Å². The van der Waals surface area contributed by atoms with Gasteiger partial charge < -0.3 is 9.80 Å². The van der Waals surface area contributed by atoms with E-state index in [-0.39, 0.29) is 10.0 Å². The molecule has 0 aromatic carbocycles. The van der Waals surface area contributed by atoms with E-state index in [1.807, 2.05) is 0 Å². The topological polar surface area (TPSA) is 6.48 Å². The first kappa shape index (κ1) is 12.3. The maximum absolute atomic E-state index is 2.62. The fourth-order valence-electron chi connectivity index (χ4n) is 1.79. The van der Waals surface area contributed by atoms with E-state index < -0.39 is 0 Å². The molecule has 1 saturated heterocycles. The Balaban J connectivity index is 2.08. The summed E-state index contributed by atoms with van der Waals surface area (Å²) in [5.41, 5.74) is 0. The predicted octanol–water partition coefficient (Wildman–Crippen LogP) is 1.32. The number of hydrogen-bond donors (Lipinski definition) is 0. The maximum atomic E-state index is 2.62. The van der Waals surface area contributed by atoms with Crippen LogP contribution in [-0.4, -0.2) is 74.1 Å². The summed E-state index contributed by atoms with van der Waals surface area (Å²) in [6.45, 7) is 6.37. The van der Waals surface area contributed by atoms with Crippen LogP contribution in [-0.2, 0) is 0 Å². The second-order valence-corrected chi connectivity index (χ2v) is 9.88. The monoisotopic (exact) mass is 218 g/mol. The Morgan fingerprint density at radius 3 is 2.07 bits per heavy atom. The van der Waals surface area contributed by atoms with Gasteiger partial charge in [-0.1, -0.05) is 0 Å². The molecule has 2 nitrogen and oxygen atoms in total. The average Bonchev–Trinajstić information content (AvgIpc) is 2.06. The summed E-state index contributed by atoms with van der Waals surface area (Å²) >= 11 is 0. The van der Waals surface area contributed by atoms with E-state index in [4.69, 9.17) is 0 Å². The zero-order valence-electron chi connectivity index (χ0n) is 10.3. The summed E-state index contributed by atoms with van der Waals surface area (Å²) < 4.78 is 0. The first-order valence-electron chi connectivity index (χ1n) is 5.54. The summed E-state index contributed by atoms with van der Waals surface area (Å²) in [5, 5.41) is 0. The van der Waals surface area contributed by atoms with Gasteiger partial charge in [-0.15, -0.1) is 0 Å². The molecule has 1 fully saturated rings. The standard InChI is InChI=1S/C11H26N2S/c1-12-7-9-13(10-8-12)6-5-11-14(2,3)4/h5-11H2,1-4H3. The number of hydrogen-bond acceptors (Lipinski definition) is 2. The molecule has 3 heteroatoms. The van der Waals surface area contributed by atoms with Crippen molar-refractivity contribution in [1.29, 1.82) is 0 Å². The molecule has 0 radical (unpaired) electrons. The molecule has 0 aromatic heterocycles. The Labute approximate surface area is 91.0 Å². The van der Waals surface area contributed by atoms with Gasteiger partial charge in [-0.25, -0.2) is 10.0 Å². The van der Waals surface area contributed by atoms with Gasteiger partial charge in [-0.05, 0) is 44.5 Å². The van der Waals surface area contributed by atoms with Crippen molar-refractivity contribution in [2.24, 2.45) is 0 Å². The summed E-state index contributed by atoms with van der Waals surface area (Å²) in [6.07, 6.45) is 8.63. The van der Waals surface area contributed by atoms with Crippen LogP contribution in [0.2, 0.25) is 0 Å².